The zero-order valence-corrected chi connectivity index (χ0v) is 9.54. The maximum Gasteiger partial charge on any atom is 0.0951 e. The van der Waals surface area contributed by atoms with Crippen molar-refractivity contribution < 1.29 is 4.74 Å². The average molecular weight is 208 g/mol. The van der Waals surface area contributed by atoms with E-state index in [1.165, 1.54) is 37.1 Å². The van der Waals surface area contributed by atoms with Gasteiger partial charge in [-0.05, 0) is 39.0 Å². The molecule has 0 fully saturated rings. The molecule has 15 heavy (non-hydrogen) atoms. The third-order valence-electron chi connectivity index (χ3n) is 3.00. The van der Waals surface area contributed by atoms with Gasteiger partial charge in [0.15, 0.2) is 0 Å². The molecule has 0 spiro atoms. The average Bonchev–Trinajstić information content (AvgIpc) is 2.68. The van der Waals surface area contributed by atoms with Crippen molar-refractivity contribution in [1.29, 1.82) is 0 Å². The van der Waals surface area contributed by atoms with Crippen LogP contribution >= 0.6 is 0 Å². The Bertz CT molecular complexity index is 307. The molecule has 0 N–H and O–H groups in total. The summed E-state index contributed by atoms with van der Waals surface area (Å²) in [7, 11) is 0. The molecule has 0 unspecified atom stereocenters. The fourth-order valence-electron chi connectivity index (χ4n) is 2.20. The predicted octanol–water partition coefficient (Wildman–Crippen LogP) is 2.19. The van der Waals surface area contributed by atoms with E-state index >= 15 is 0 Å². The highest BCUT2D eigenvalue weighted by molar-refractivity contribution is 5.16. The van der Waals surface area contributed by atoms with Crippen LogP contribution in [0.3, 0.4) is 0 Å². The van der Waals surface area contributed by atoms with Gasteiger partial charge in [0.05, 0.1) is 12.0 Å². The van der Waals surface area contributed by atoms with Crippen LogP contribution in [0.4, 0.5) is 0 Å². The van der Waals surface area contributed by atoms with Crippen LogP contribution in [-0.2, 0) is 24.1 Å². The van der Waals surface area contributed by atoms with Crippen LogP contribution in [0.15, 0.2) is 6.33 Å². The first kappa shape index (κ1) is 10.7. The molecule has 0 amide bonds. The summed E-state index contributed by atoms with van der Waals surface area (Å²) in [5.74, 6) is 0. The first-order valence-electron chi connectivity index (χ1n) is 6.02. The molecule has 3 nitrogen and oxygen atoms in total. The summed E-state index contributed by atoms with van der Waals surface area (Å²) in [6.45, 7) is 4.78. The lowest BCUT2D eigenvalue weighted by Gasteiger charge is -2.13. The predicted molar refractivity (Wildman–Crippen MR) is 60.0 cm³/mol. The van der Waals surface area contributed by atoms with Crippen LogP contribution in [0.2, 0.25) is 0 Å². The van der Waals surface area contributed by atoms with Crippen LogP contribution in [0, 0.1) is 0 Å². The number of hydrogen-bond acceptors (Lipinski definition) is 2. The molecule has 1 aliphatic carbocycles. The first-order valence-corrected chi connectivity index (χ1v) is 6.02. The smallest absolute Gasteiger partial charge is 0.0951 e. The Morgan fingerprint density at radius 2 is 2.27 bits per heavy atom. The van der Waals surface area contributed by atoms with Gasteiger partial charge in [0.1, 0.15) is 0 Å². The van der Waals surface area contributed by atoms with Gasteiger partial charge in [-0.25, -0.2) is 4.98 Å². The van der Waals surface area contributed by atoms with Crippen LogP contribution in [0.1, 0.15) is 37.6 Å². The summed E-state index contributed by atoms with van der Waals surface area (Å²) in [4.78, 5) is 4.48. The van der Waals surface area contributed by atoms with Crippen molar-refractivity contribution >= 4 is 0 Å². The Morgan fingerprint density at radius 3 is 3.13 bits per heavy atom. The highest BCUT2D eigenvalue weighted by atomic mass is 16.5. The largest absolute Gasteiger partial charge is 0.382 e. The lowest BCUT2D eigenvalue weighted by molar-refractivity contribution is 0.141. The Morgan fingerprint density at radius 1 is 1.40 bits per heavy atom. The molecule has 0 atom stereocenters. The van der Waals surface area contributed by atoms with Gasteiger partial charge in [0.25, 0.3) is 0 Å². The summed E-state index contributed by atoms with van der Waals surface area (Å²) in [6.07, 6.45) is 8.11. The van der Waals surface area contributed by atoms with Crippen molar-refractivity contribution in [2.45, 2.75) is 45.6 Å². The monoisotopic (exact) mass is 208 g/mol. The van der Waals surface area contributed by atoms with Crippen molar-refractivity contribution in [2.75, 3.05) is 13.2 Å². The quantitative estimate of drug-likeness (QED) is 0.693. The van der Waals surface area contributed by atoms with Crippen LogP contribution in [-0.4, -0.2) is 22.8 Å². The Balaban J connectivity index is 1.88. The summed E-state index contributed by atoms with van der Waals surface area (Å²) >= 11 is 0. The number of aromatic nitrogens is 2. The zero-order valence-electron chi connectivity index (χ0n) is 9.54. The minimum Gasteiger partial charge on any atom is -0.382 e. The minimum atomic E-state index is 0.821. The second-order valence-corrected chi connectivity index (χ2v) is 4.09. The van der Waals surface area contributed by atoms with Crippen molar-refractivity contribution in [3.63, 3.8) is 0 Å². The lowest BCUT2D eigenvalue weighted by atomic mass is 10.0. The lowest BCUT2D eigenvalue weighted by Crippen LogP contribution is -2.09. The van der Waals surface area contributed by atoms with E-state index in [0.29, 0.717) is 0 Å². The molecular weight excluding hydrogens is 188 g/mol. The summed E-state index contributed by atoms with van der Waals surface area (Å²) in [5, 5.41) is 0. The van der Waals surface area contributed by atoms with E-state index in [2.05, 4.69) is 9.55 Å². The SMILES string of the molecule is CCOCCCn1cnc2c1CCCC2. The van der Waals surface area contributed by atoms with Crippen LogP contribution in [0.25, 0.3) is 0 Å². The third kappa shape index (κ3) is 2.59. The second-order valence-electron chi connectivity index (χ2n) is 4.09. The fourth-order valence-corrected chi connectivity index (χ4v) is 2.20. The Labute approximate surface area is 91.5 Å². The molecule has 2 rings (SSSR count). The van der Waals surface area contributed by atoms with Gasteiger partial charge in [-0.1, -0.05) is 0 Å². The number of nitrogens with zero attached hydrogens (tertiary/aromatic N) is 2. The maximum absolute atomic E-state index is 5.34. The molecule has 0 radical (unpaired) electrons. The molecule has 3 heteroatoms. The van der Waals surface area contributed by atoms with Gasteiger partial charge >= 0.3 is 0 Å². The van der Waals surface area contributed by atoms with Crippen LogP contribution in [0.5, 0.6) is 0 Å². The second kappa shape index (κ2) is 5.31. The zero-order chi connectivity index (χ0) is 10.5. The van der Waals surface area contributed by atoms with Gasteiger partial charge in [-0.3, -0.25) is 0 Å². The molecular formula is C12H20N2O. The molecule has 1 aromatic heterocycles. The highest BCUT2D eigenvalue weighted by Gasteiger charge is 2.14. The molecule has 84 valence electrons. The molecule has 1 aromatic rings. The normalized spacial score (nSPS) is 15.3. The number of rotatable bonds is 5. The molecule has 1 heterocycles. The molecule has 0 aliphatic heterocycles. The van der Waals surface area contributed by atoms with Gasteiger partial charge in [0.2, 0.25) is 0 Å². The van der Waals surface area contributed by atoms with Gasteiger partial charge in [-0.2, -0.15) is 0 Å². The third-order valence-corrected chi connectivity index (χ3v) is 3.00. The standard InChI is InChI=1S/C12H20N2O/c1-2-15-9-5-8-14-10-13-11-6-3-4-7-12(11)14/h10H,2-9H2,1H3. The summed E-state index contributed by atoms with van der Waals surface area (Å²) < 4.78 is 7.66. The number of imidazole rings is 1. The van der Waals surface area contributed by atoms with Crippen LogP contribution < -0.4 is 0 Å². The van der Waals surface area contributed by atoms with E-state index in [1.807, 2.05) is 13.3 Å². The molecule has 0 aromatic carbocycles. The van der Waals surface area contributed by atoms with E-state index in [0.717, 1.165) is 26.2 Å². The van der Waals surface area contributed by atoms with Gasteiger partial charge < -0.3 is 9.30 Å². The van der Waals surface area contributed by atoms with E-state index < -0.39 is 0 Å². The highest BCUT2D eigenvalue weighted by Crippen LogP contribution is 2.19. The molecule has 0 saturated heterocycles. The molecule has 0 saturated carbocycles. The number of aryl methyl sites for hydroxylation is 2. The van der Waals surface area contributed by atoms with E-state index in [1.54, 1.807) is 0 Å². The summed E-state index contributed by atoms with van der Waals surface area (Å²) in [6, 6.07) is 0. The van der Waals surface area contributed by atoms with E-state index in [-0.39, 0.29) is 0 Å². The first-order chi connectivity index (χ1) is 7.42. The van der Waals surface area contributed by atoms with Crippen molar-refractivity contribution in [1.82, 2.24) is 9.55 Å². The van der Waals surface area contributed by atoms with Crippen molar-refractivity contribution in [3.05, 3.63) is 17.7 Å². The van der Waals surface area contributed by atoms with Crippen molar-refractivity contribution in [2.24, 2.45) is 0 Å². The molecule has 0 bridgehead atoms. The van der Waals surface area contributed by atoms with Crippen molar-refractivity contribution in [3.8, 4) is 0 Å². The fraction of sp³-hybridized carbons (Fsp3) is 0.750. The number of fused-ring (bicyclic) bond motifs is 1. The Hall–Kier alpha value is -0.830. The molecule has 1 aliphatic rings. The summed E-state index contributed by atoms with van der Waals surface area (Å²) in [5.41, 5.74) is 2.80. The Kier molecular flexibility index (Phi) is 3.78. The maximum atomic E-state index is 5.34. The van der Waals surface area contributed by atoms with Gasteiger partial charge in [-0.15, -0.1) is 0 Å². The minimum absolute atomic E-state index is 0.821. The van der Waals surface area contributed by atoms with E-state index in [9.17, 15) is 0 Å². The topological polar surface area (TPSA) is 27.1 Å². The van der Waals surface area contributed by atoms with E-state index in [4.69, 9.17) is 4.74 Å². The number of ether oxygens (including phenoxy) is 1. The van der Waals surface area contributed by atoms with Gasteiger partial charge in [0, 0.05) is 25.5 Å². The number of hydrogen-bond donors (Lipinski definition) is 0.